The van der Waals surface area contributed by atoms with E-state index in [1.165, 1.54) is 7.11 Å². The van der Waals surface area contributed by atoms with Gasteiger partial charge in [0.25, 0.3) is 5.91 Å². The molecule has 0 spiro atoms. The molecule has 3 aromatic rings. The van der Waals surface area contributed by atoms with Gasteiger partial charge >= 0.3 is 0 Å². The van der Waals surface area contributed by atoms with Gasteiger partial charge < -0.3 is 19.5 Å². The molecule has 2 N–H and O–H groups in total. The minimum absolute atomic E-state index is 0.0726. The molecule has 33 heavy (non-hydrogen) atoms. The summed E-state index contributed by atoms with van der Waals surface area (Å²) in [5.41, 5.74) is -0.0968. The maximum Gasteiger partial charge on any atom is 0.258 e. The Morgan fingerprint density at radius 2 is 1.82 bits per heavy atom. The molecule has 1 heterocycles. The smallest absolute Gasteiger partial charge is 0.258 e. The van der Waals surface area contributed by atoms with E-state index in [0.717, 1.165) is 18.2 Å². The van der Waals surface area contributed by atoms with Crippen LogP contribution in [0.2, 0.25) is 0 Å². The molecule has 0 fully saturated rings. The van der Waals surface area contributed by atoms with Crippen LogP contribution in [0, 0.1) is 5.82 Å². The van der Waals surface area contributed by atoms with Crippen LogP contribution in [0.1, 0.15) is 10.4 Å². The average molecular weight is 472 g/mol. The van der Waals surface area contributed by atoms with E-state index in [9.17, 15) is 17.6 Å². The molecular formula is C23H21FN2O6S. The Bertz CT molecular complexity index is 1280. The van der Waals surface area contributed by atoms with Crippen LogP contribution in [-0.4, -0.2) is 40.7 Å². The van der Waals surface area contributed by atoms with Gasteiger partial charge in [0.2, 0.25) is 10.0 Å². The lowest BCUT2D eigenvalue weighted by Gasteiger charge is -2.26. The molecule has 0 saturated carbocycles. The second-order valence-corrected chi connectivity index (χ2v) is 8.91. The standard InChI is InChI=1S/C23H21FN2O6S/c1-30-20-7-3-2-6-19(20)26-23(27)17-12-16(10-11-18(17)24)33(28,29)25-13-15-14-31-21-8-4-5-9-22(21)32-15/h2-12,15,25H,13-14H2,1H3,(H,26,27). The number of para-hydroxylation sites is 4. The predicted octanol–water partition coefficient (Wildman–Crippen LogP) is 3.20. The fraction of sp³-hybridized carbons (Fsp3) is 0.174. The number of hydrogen-bond donors (Lipinski definition) is 2. The van der Waals surface area contributed by atoms with E-state index in [1.54, 1.807) is 48.5 Å². The van der Waals surface area contributed by atoms with Crippen LogP contribution in [0.4, 0.5) is 10.1 Å². The van der Waals surface area contributed by atoms with Crippen LogP contribution in [0.15, 0.2) is 71.6 Å². The molecule has 10 heteroatoms. The first kappa shape index (κ1) is 22.6. The molecule has 1 unspecified atom stereocenters. The molecule has 4 rings (SSSR count). The Morgan fingerprint density at radius 3 is 2.61 bits per heavy atom. The summed E-state index contributed by atoms with van der Waals surface area (Å²) in [7, 11) is -2.62. The molecule has 0 bridgehead atoms. The Kier molecular flexibility index (Phi) is 6.47. The van der Waals surface area contributed by atoms with Gasteiger partial charge in [0, 0.05) is 0 Å². The number of ether oxygens (including phenoxy) is 3. The Hall–Kier alpha value is -3.63. The number of carbonyl (C=O) groups excluding carboxylic acids is 1. The number of carbonyl (C=O) groups is 1. The second kappa shape index (κ2) is 9.47. The molecular weight excluding hydrogens is 451 g/mol. The van der Waals surface area contributed by atoms with Crippen molar-refractivity contribution in [3.8, 4) is 17.2 Å². The first-order valence-electron chi connectivity index (χ1n) is 9.99. The Labute approximate surface area is 190 Å². The molecule has 0 saturated heterocycles. The summed E-state index contributed by atoms with van der Waals surface area (Å²) >= 11 is 0. The highest BCUT2D eigenvalue weighted by atomic mass is 32.2. The van der Waals surface area contributed by atoms with Gasteiger partial charge in [-0.05, 0) is 42.5 Å². The van der Waals surface area contributed by atoms with Crippen molar-refractivity contribution in [3.63, 3.8) is 0 Å². The minimum Gasteiger partial charge on any atom is -0.495 e. The summed E-state index contributed by atoms with van der Waals surface area (Å²) in [4.78, 5) is 12.4. The van der Waals surface area contributed by atoms with Crippen LogP contribution < -0.4 is 24.2 Å². The van der Waals surface area contributed by atoms with Gasteiger partial charge in [-0.2, -0.15) is 0 Å². The van der Waals surface area contributed by atoms with Crippen molar-refractivity contribution in [2.45, 2.75) is 11.0 Å². The number of methoxy groups -OCH3 is 1. The maximum absolute atomic E-state index is 14.4. The van der Waals surface area contributed by atoms with Crippen molar-refractivity contribution in [2.24, 2.45) is 0 Å². The van der Waals surface area contributed by atoms with Crippen molar-refractivity contribution >= 4 is 21.6 Å². The van der Waals surface area contributed by atoms with Gasteiger partial charge in [0.05, 0.1) is 29.8 Å². The zero-order chi connectivity index (χ0) is 23.4. The molecule has 1 atom stereocenters. The topological polar surface area (TPSA) is 103 Å². The SMILES string of the molecule is COc1ccccc1NC(=O)c1cc(S(=O)(=O)NCC2COc3ccccc3O2)ccc1F. The quantitative estimate of drug-likeness (QED) is 0.548. The van der Waals surface area contributed by atoms with Crippen LogP contribution >= 0.6 is 0 Å². The lowest BCUT2D eigenvalue weighted by atomic mass is 10.2. The third kappa shape index (κ3) is 5.07. The van der Waals surface area contributed by atoms with E-state index >= 15 is 0 Å². The number of fused-ring (bicyclic) bond motifs is 1. The number of halogens is 1. The molecule has 0 aromatic heterocycles. The largest absolute Gasteiger partial charge is 0.495 e. The number of sulfonamides is 1. The van der Waals surface area contributed by atoms with E-state index in [-0.39, 0.29) is 18.0 Å². The van der Waals surface area contributed by atoms with Crippen LogP contribution in [0.3, 0.4) is 0 Å². The van der Waals surface area contributed by atoms with Gasteiger partial charge in [-0.15, -0.1) is 0 Å². The number of anilines is 1. The second-order valence-electron chi connectivity index (χ2n) is 7.15. The number of hydrogen-bond acceptors (Lipinski definition) is 6. The maximum atomic E-state index is 14.4. The van der Waals surface area contributed by atoms with E-state index in [0.29, 0.717) is 22.9 Å². The Balaban J connectivity index is 1.47. The monoisotopic (exact) mass is 472 g/mol. The molecule has 172 valence electrons. The van der Waals surface area contributed by atoms with E-state index < -0.39 is 33.4 Å². The normalized spacial score (nSPS) is 15.0. The third-order valence-electron chi connectivity index (χ3n) is 4.92. The van der Waals surface area contributed by atoms with E-state index in [1.807, 2.05) is 0 Å². The zero-order valence-electron chi connectivity index (χ0n) is 17.6. The van der Waals surface area contributed by atoms with Crippen molar-refractivity contribution < 1.29 is 31.8 Å². The third-order valence-corrected chi connectivity index (χ3v) is 6.34. The number of rotatable bonds is 7. The lowest BCUT2D eigenvalue weighted by Crippen LogP contribution is -2.40. The highest BCUT2D eigenvalue weighted by molar-refractivity contribution is 7.89. The predicted molar refractivity (Wildman–Crippen MR) is 119 cm³/mol. The minimum atomic E-state index is -4.05. The van der Waals surface area contributed by atoms with Crippen molar-refractivity contribution in [3.05, 3.63) is 78.1 Å². The summed E-state index contributed by atoms with van der Waals surface area (Å²) in [5.74, 6) is -0.185. The van der Waals surface area contributed by atoms with Crippen molar-refractivity contribution in [1.82, 2.24) is 4.72 Å². The number of nitrogens with one attached hydrogen (secondary N) is 2. The van der Waals surface area contributed by atoms with Gasteiger partial charge in [-0.3, -0.25) is 4.79 Å². The Morgan fingerprint density at radius 1 is 1.09 bits per heavy atom. The lowest BCUT2D eigenvalue weighted by molar-refractivity contribution is 0.0943. The number of benzene rings is 3. The van der Waals surface area contributed by atoms with Crippen LogP contribution in [0.25, 0.3) is 0 Å². The molecule has 1 aliphatic rings. The summed E-state index contributed by atoms with van der Waals surface area (Å²) in [6.07, 6.45) is -0.552. The zero-order valence-corrected chi connectivity index (χ0v) is 18.4. The van der Waals surface area contributed by atoms with E-state index in [4.69, 9.17) is 14.2 Å². The van der Waals surface area contributed by atoms with Gasteiger partial charge in [-0.1, -0.05) is 24.3 Å². The molecule has 0 aliphatic carbocycles. The summed E-state index contributed by atoms with van der Waals surface area (Å²) in [5, 5.41) is 2.53. The number of amides is 1. The molecule has 1 aliphatic heterocycles. The molecule has 8 nitrogen and oxygen atoms in total. The van der Waals surface area contributed by atoms with Gasteiger partial charge in [0.15, 0.2) is 11.5 Å². The fourth-order valence-electron chi connectivity index (χ4n) is 3.23. The van der Waals surface area contributed by atoms with Crippen molar-refractivity contribution in [1.29, 1.82) is 0 Å². The highest BCUT2D eigenvalue weighted by Crippen LogP contribution is 2.31. The van der Waals surface area contributed by atoms with Gasteiger partial charge in [0.1, 0.15) is 24.3 Å². The first-order chi connectivity index (χ1) is 15.9. The average Bonchev–Trinajstić information content (AvgIpc) is 2.83. The summed E-state index contributed by atoms with van der Waals surface area (Å²) in [6.45, 7) is 0.0896. The first-order valence-corrected chi connectivity index (χ1v) is 11.5. The van der Waals surface area contributed by atoms with E-state index in [2.05, 4.69) is 10.0 Å². The van der Waals surface area contributed by atoms with Crippen LogP contribution in [0.5, 0.6) is 17.2 Å². The molecule has 3 aromatic carbocycles. The summed E-state index contributed by atoms with van der Waals surface area (Å²) < 4.78 is 58.8. The molecule has 1 amide bonds. The van der Waals surface area contributed by atoms with Crippen LogP contribution in [-0.2, 0) is 10.0 Å². The highest BCUT2D eigenvalue weighted by Gasteiger charge is 2.25. The van der Waals surface area contributed by atoms with Gasteiger partial charge in [-0.25, -0.2) is 17.5 Å². The van der Waals surface area contributed by atoms with Crippen molar-refractivity contribution in [2.75, 3.05) is 25.6 Å². The fourth-order valence-corrected chi connectivity index (χ4v) is 4.32. The summed E-state index contributed by atoms with van der Waals surface area (Å²) in [6, 6.07) is 16.7. The molecule has 0 radical (unpaired) electrons.